The molecule has 2 aromatic carbocycles. The minimum absolute atomic E-state index is 0.271. The quantitative estimate of drug-likeness (QED) is 0.165. The zero-order chi connectivity index (χ0) is 23.5. The summed E-state index contributed by atoms with van der Waals surface area (Å²) in [5.41, 5.74) is 2.46. The number of fused-ring (bicyclic) bond motifs is 1. The molecule has 0 saturated heterocycles. The lowest BCUT2D eigenvalue weighted by molar-refractivity contribution is 0.350. The van der Waals surface area contributed by atoms with Gasteiger partial charge in [-0.1, -0.05) is 47.3 Å². The Balaban J connectivity index is 1.62. The number of rotatable bonds is 5. The van der Waals surface area contributed by atoms with Gasteiger partial charge in [-0.25, -0.2) is 4.79 Å². The van der Waals surface area contributed by atoms with Crippen molar-refractivity contribution in [2.24, 2.45) is 10.2 Å². The summed E-state index contributed by atoms with van der Waals surface area (Å²) in [5, 5.41) is 11.8. The summed E-state index contributed by atoms with van der Waals surface area (Å²) in [7, 11) is 1.64. The summed E-state index contributed by atoms with van der Waals surface area (Å²) in [4.78, 5) is 13.7. The van der Waals surface area contributed by atoms with Gasteiger partial charge in [0.25, 0.3) is 0 Å². The average molecular weight is 538 g/mol. The molecule has 1 aliphatic rings. The molecule has 6 nitrogen and oxygen atoms in total. The number of aromatic nitrogens is 1. The van der Waals surface area contributed by atoms with Gasteiger partial charge in [0.1, 0.15) is 11.3 Å². The van der Waals surface area contributed by atoms with Crippen LogP contribution in [-0.2, 0) is 0 Å². The molecule has 0 spiro atoms. The van der Waals surface area contributed by atoms with Gasteiger partial charge < -0.3 is 13.7 Å². The SMILES string of the molecule is COc1ccccc1/C=N\N=c1/scc(-c2cc3cc(Br)ccc3oc2=O)n1C1CCCCC1. The van der Waals surface area contributed by atoms with Crippen molar-refractivity contribution in [3.63, 3.8) is 0 Å². The largest absolute Gasteiger partial charge is 0.496 e. The van der Waals surface area contributed by atoms with E-state index in [0.29, 0.717) is 11.1 Å². The highest BCUT2D eigenvalue weighted by atomic mass is 79.9. The summed E-state index contributed by atoms with van der Waals surface area (Å²) < 4.78 is 14.2. The normalized spacial score (nSPS) is 15.4. The fraction of sp³-hybridized carbons (Fsp3) is 0.269. The summed E-state index contributed by atoms with van der Waals surface area (Å²) >= 11 is 5.00. The van der Waals surface area contributed by atoms with Crippen molar-refractivity contribution in [3.05, 3.63) is 79.2 Å². The number of halogens is 1. The molecule has 0 bridgehead atoms. The Hall–Kier alpha value is -2.97. The molecule has 1 saturated carbocycles. The molecule has 0 amide bonds. The summed E-state index contributed by atoms with van der Waals surface area (Å²) in [6.07, 6.45) is 7.37. The fourth-order valence-electron chi connectivity index (χ4n) is 4.47. The van der Waals surface area contributed by atoms with E-state index in [9.17, 15) is 4.79 Å². The molecule has 174 valence electrons. The first kappa shape index (κ1) is 22.8. The highest BCUT2D eigenvalue weighted by Crippen LogP contribution is 2.32. The van der Waals surface area contributed by atoms with Crippen molar-refractivity contribution in [1.82, 2.24) is 4.57 Å². The molecule has 34 heavy (non-hydrogen) atoms. The Morgan fingerprint density at radius 2 is 1.97 bits per heavy atom. The number of thiazole rings is 1. The van der Waals surface area contributed by atoms with E-state index in [0.717, 1.165) is 57.4 Å². The van der Waals surface area contributed by atoms with Gasteiger partial charge in [0, 0.05) is 26.8 Å². The second-order valence-electron chi connectivity index (χ2n) is 8.28. The first-order chi connectivity index (χ1) is 16.6. The van der Waals surface area contributed by atoms with E-state index in [-0.39, 0.29) is 11.7 Å². The van der Waals surface area contributed by atoms with E-state index in [2.05, 4.69) is 30.7 Å². The summed E-state index contributed by atoms with van der Waals surface area (Å²) in [5.74, 6) is 0.744. The van der Waals surface area contributed by atoms with Crippen molar-refractivity contribution in [3.8, 4) is 17.0 Å². The van der Waals surface area contributed by atoms with E-state index in [1.54, 1.807) is 19.4 Å². The van der Waals surface area contributed by atoms with Crippen molar-refractivity contribution in [2.75, 3.05) is 7.11 Å². The van der Waals surface area contributed by atoms with E-state index in [1.807, 2.05) is 47.8 Å². The van der Waals surface area contributed by atoms with Gasteiger partial charge >= 0.3 is 5.63 Å². The first-order valence-electron chi connectivity index (χ1n) is 11.3. The Morgan fingerprint density at radius 3 is 2.79 bits per heavy atom. The first-order valence-corrected chi connectivity index (χ1v) is 13.0. The minimum atomic E-state index is -0.346. The van der Waals surface area contributed by atoms with Crippen LogP contribution in [0.25, 0.3) is 22.2 Å². The van der Waals surface area contributed by atoms with Gasteiger partial charge in [0.15, 0.2) is 0 Å². The van der Waals surface area contributed by atoms with Crippen LogP contribution in [0.1, 0.15) is 43.7 Å². The number of ether oxygens (including phenoxy) is 1. The van der Waals surface area contributed by atoms with Gasteiger partial charge in [-0.2, -0.15) is 5.10 Å². The second kappa shape index (κ2) is 10.1. The lowest BCUT2D eigenvalue weighted by Gasteiger charge is -2.25. The maximum absolute atomic E-state index is 13.0. The Bertz CT molecular complexity index is 1480. The molecule has 0 aliphatic heterocycles. The number of hydrogen-bond donors (Lipinski definition) is 0. The molecule has 0 atom stereocenters. The van der Waals surface area contributed by atoms with Crippen LogP contribution in [0.15, 0.2) is 77.8 Å². The summed E-state index contributed by atoms with van der Waals surface area (Å²) in [6, 6.07) is 15.5. The maximum Gasteiger partial charge on any atom is 0.345 e. The lowest BCUT2D eigenvalue weighted by atomic mass is 9.95. The van der Waals surface area contributed by atoms with Crippen LogP contribution >= 0.6 is 27.3 Å². The smallest absolute Gasteiger partial charge is 0.345 e. The van der Waals surface area contributed by atoms with Crippen LogP contribution < -0.4 is 15.2 Å². The monoisotopic (exact) mass is 537 g/mol. The van der Waals surface area contributed by atoms with Crippen molar-refractivity contribution in [1.29, 1.82) is 0 Å². The number of nitrogens with zero attached hydrogens (tertiary/aromatic N) is 3. The second-order valence-corrected chi connectivity index (χ2v) is 10.0. The molecule has 5 rings (SSSR count). The number of hydrogen-bond acceptors (Lipinski definition) is 6. The van der Waals surface area contributed by atoms with Crippen LogP contribution in [0.2, 0.25) is 0 Å². The van der Waals surface area contributed by atoms with E-state index >= 15 is 0 Å². The van der Waals surface area contributed by atoms with Crippen molar-refractivity contribution >= 4 is 44.5 Å². The molecule has 1 fully saturated rings. The number of benzene rings is 2. The van der Waals surface area contributed by atoms with Crippen LogP contribution in [-0.4, -0.2) is 17.9 Å². The molecular formula is C26H24BrN3O3S. The average Bonchev–Trinajstić information content (AvgIpc) is 3.28. The number of methoxy groups -OCH3 is 1. The zero-order valence-corrected chi connectivity index (χ0v) is 21.1. The zero-order valence-electron chi connectivity index (χ0n) is 18.7. The standard InChI is InChI=1S/C26H24BrN3O3S/c1-32-23-10-6-5-7-17(23)15-28-29-26-30(20-8-3-2-4-9-20)22(16-34-26)21-14-18-13-19(27)11-12-24(18)33-25(21)31/h5-7,10-16,20H,2-4,8-9H2,1H3/b28-15-,29-26-. The molecule has 4 aromatic rings. The van der Waals surface area contributed by atoms with Crippen LogP contribution in [0.3, 0.4) is 0 Å². The van der Waals surface area contributed by atoms with E-state index in [4.69, 9.17) is 9.15 Å². The fourth-order valence-corrected chi connectivity index (χ4v) is 5.76. The van der Waals surface area contributed by atoms with Crippen molar-refractivity contribution < 1.29 is 9.15 Å². The molecule has 8 heteroatoms. The van der Waals surface area contributed by atoms with Crippen LogP contribution in [0.4, 0.5) is 0 Å². The maximum atomic E-state index is 13.0. The number of para-hydroxylation sites is 1. The molecule has 0 radical (unpaired) electrons. The Labute approximate surface area is 209 Å². The van der Waals surface area contributed by atoms with Crippen molar-refractivity contribution in [2.45, 2.75) is 38.1 Å². The lowest BCUT2D eigenvalue weighted by Crippen LogP contribution is -2.24. The predicted octanol–water partition coefficient (Wildman–Crippen LogP) is 6.53. The Morgan fingerprint density at radius 1 is 1.15 bits per heavy atom. The topological polar surface area (TPSA) is 69.1 Å². The summed E-state index contributed by atoms with van der Waals surface area (Å²) in [6.45, 7) is 0. The molecular weight excluding hydrogens is 514 g/mol. The minimum Gasteiger partial charge on any atom is -0.496 e. The molecule has 0 unspecified atom stereocenters. The third-order valence-corrected chi connectivity index (χ3v) is 7.45. The van der Waals surface area contributed by atoms with Gasteiger partial charge in [0.2, 0.25) is 4.80 Å². The predicted molar refractivity (Wildman–Crippen MR) is 140 cm³/mol. The Kier molecular flexibility index (Phi) is 6.78. The van der Waals surface area contributed by atoms with Gasteiger partial charge in [-0.3, -0.25) is 0 Å². The van der Waals surface area contributed by atoms with Gasteiger partial charge in [-0.05, 0) is 49.2 Å². The van der Waals surface area contributed by atoms with Gasteiger partial charge in [0.05, 0.1) is 24.6 Å². The molecule has 0 N–H and O–H groups in total. The third-order valence-electron chi connectivity index (χ3n) is 6.13. The van der Waals surface area contributed by atoms with E-state index in [1.165, 1.54) is 17.8 Å². The molecule has 2 heterocycles. The van der Waals surface area contributed by atoms with E-state index < -0.39 is 0 Å². The molecule has 1 aliphatic carbocycles. The highest BCUT2D eigenvalue weighted by molar-refractivity contribution is 9.10. The molecule has 2 aromatic heterocycles. The van der Waals surface area contributed by atoms with Crippen LogP contribution in [0.5, 0.6) is 5.75 Å². The third kappa shape index (κ3) is 4.65. The van der Waals surface area contributed by atoms with Crippen LogP contribution in [0, 0.1) is 0 Å². The highest BCUT2D eigenvalue weighted by Gasteiger charge is 2.22. The van der Waals surface area contributed by atoms with Gasteiger partial charge in [-0.15, -0.1) is 16.4 Å².